The highest BCUT2D eigenvalue weighted by Gasteiger charge is 2.29. The summed E-state index contributed by atoms with van der Waals surface area (Å²) in [5.74, 6) is 0. The largest absolute Gasteiger partial charge is 0.422 e. The molecule has 0 atom stereocenters. The minimum absolute atomic E-state index is 0.0239. The summed E-state index contributed by atoms with van der Waals surface area (Å²) in [6.07, 6.45) is -0.413. The molecule has 0 bridgehead atoms. The Hall–Kier alpha value is -2.17. The van der Waals surface area contributed by atoms with Gasteiger partial charge in [-0.15, -0.1) is 0 Å². The summed E-state index contributed by atoms with van der Waals surface area (Å²) in [5.41, 5.74) is 1.13. The van der Waals surface area contributed by atoms with Crippen molar-refractivity contribution in [2.24, 2.45) is 5.41 Å². The van der Waals surface area contributed by atoms with Crippen molar-refractivity contribution >= 4 is 21.7 Å². The van der Waals surface area contributed by atoms with Gasteiger partial charge in [-0.25, -0.2) is 4.79 Å². The zero-order chi connectivity index (χ0) is 16.0. The first-order valence-corrected chi connectivity index (χ1v) is 7.72. The highest BCUT2D eigenvalue weighted by Crippen LogP contribution is 2.33. The van der Waals surface area contributed by atoms with Crippen molar-refractivity contribution < 1.29 is 13.9 Å². The van der Waals surface area contributed by atoms with Gasteiger partial charge in [-0.2, -0.15) is 0 Å². The summed E-state index contributed by atoms with van der Waals surface area (Å²) in [4.78, 5) is 12.1. The van der Waals surface area contributed by atoms with Crippen LogP contribution in [-0.2, 0) is 9.47 Å². The predicted molar refractivity (Wildman–Crippen MR) is 88.4 cm³/mol. The summed E-state index contributed by atoms with van der Waals surface area (Å²) in [6, 6.07) is 13.2. The second-order valence-electron chi connectivity index (χ2n) is 6.81. The maximum Gasteiger partial charge on any atom is 0.344 e. The van der Waals surface area contributed by atoms with Gasteiger partial charge in [0.15, 0.2) is 6.29 Å². The summed E-state index contributed by atoms with van der Waals surface area (Å²) >= 11 is 0. The van der Waals surface area contributed by atoms with Crippen LogP contribution in [0.15, 0.2) is 51.7 Å². The molecule has 0 unspecified atom stereocenters. The topological polar surface area (TPSA) is 48.7 Å². The minimum Gasteiger partial charge on any atom is -0.422 e. The molecular weight excluding hydrogens is 292 g/mol. The first-order valence-electron chi connectivity index (χ1n) is 7.72. The monoisotopic (exact) mass is 310 g/mol. The van der Waals surface area contributed by atoms with Gasteiger partial charge in [0.25, 0.3) is 0 Å². The van der Waals surface area contributed by atoms with E-state index in [0.717, 1.165) is 16.3 Å². The molecule has 4 nitrogen and oxygen atoms in total. The van der Waals surface area contributed by atoms with E-state index in [1.807, 2.05) is 36.4 Å². The Morgan fingerprint density at radius 3 is 2.39 bits per heavy atom. The van der Waals surface area contributed by atoms with E-state index in [2.05, 4.69) is 13.8 Å². The van der Waals surface area contributed by atoms with Crippen LogP contribution in [0, 0.1) is 5.41 Å². The van der Waals surface area contributed by atoms with Crippen LogP contribution in [0.25, 0.3) is 21.7 Å². The zero-order valence-electron chi connectivity index (χ0n) is 13.2. The third-order valence-corrected chi connectivity index (χ3v) is 4.17. The van der Waals surface area contributed by atoms with Gasteiger partial charge in [-0.3, -0.25) is 0 Å². The predicted octanol–water partition coefficient (Wildman–Crippen LogP) is 4.02. The second kappa shape index (κ2) is 5.18. The van der Waals surface area contributed by atoms with Crippen molar-refractivity contribution in [2.75, 3.05) is 13.2 Å². The standard InChI is InChI=1S/C19H18O4/c1-19(2)10-21-18(22-11-19)12-7-8-14-13-5-3-4-6-15(13)17(20)23-16(14)9-12/h3-9,18H,10-11H2,1-2H3. The van der Waals surface area contributed by atoms with Crippen molar-refractivity contribution in [3.05, 3.63) is 58.4 Å². The number of benzene rings is 2. The average molecular weight is 310 g/mol. The fourth-order valence-corrected chi connectivity index (χ4v) is 2.93. The summed E-state index contributed by atoms with van der Waals surface area (Å²) in [7, 11) is 0. The Kier molecular flexibility index (Phi) is 3.25. The molecule has 0 saturated carbocycles. The summed E-state index contributed by atoms with van der Waals surface area (Å²) in [5, 5.41) is 2.41. The number of rotatable bonds is 1. The summed E-state index contributed by atoms with van der Waals surface area (Å²) in [6.45, 7) is 5.48. The molecule has 1 aliphatic heterocycles. The van der Waals surface area contributed by atoms with Gasteiger partial charge >= 0.3 is 5.63 Å². The second-order valence-corrected chi connectivity index (χ2v) is 6.81. The zero-order valence-corrected chi connectivity index (χ0v) is 13.2. The van der Waals surface area contributed by atoms with Crippen LogP contribution in [0.4, 0.5) is 0 Å². The SMILES string of the molecule is CC1(C)COC(c2ccc3c(c2)oc(=O)c2ccccc23)OC1. The quantitative estimate of drug-likeness (QED) is 0.503. The van der Waals surface area contributed by atoms with Crippen molar-refractivity contribution in [3.8, 4) is 0 Å². The normalized spacial score (nSPS) is 18.5. The minimum atomic E-state index is -0.413. The molecule has 1 saturated heterocycles. The van der Waals surface area contributed by atoms with Gasteiger partial charge in [-0.1, -0.05) is 44.2 Å². The van der Waals surface area contributed by atoms with Gasteiger partial charge in [0.2, 0.25) is 0 Å². The Balaban J connectivity index is 1.80. The van der Waals surface area contributed by atoms with E-state index >= 15 is 0 Å². The molecular formula is C19H18O4. The first-order chi connectivity index (χ1) is 11.0. The van der Waals surface area contributed by atoms with Crippen LogP contribution in [-0.4, -0.2) is 13.2 Å². The van der Waals surface area contributed by atoms with Crippen LogP contribution in [0.5, 0.6) is 0 Å². The smallest absolute Gasteiger partial charge is 0.344 e. The average Bonchev–Trinajstić information content (AvgIpc) is 2.55. The van der Waals surface area contributed by atoms with Crippen molar-refractivity contribution in [1.29, 1.82) is 0 Å². The van der Waals surface area contributed by atoms with E-state index in [-0.39, 0.29) is 11.0 Å². The lowest BCUT2D eigenvalue weighted by atomic mass is 9.95. The molecule has 0 N–H and O–H groups in total. The molecule has 2 aromatic carbocycles. The molecule has 1 fully saturated rings. The lowest BCUT2D eigenvalue weighted by Gasteiger charge is -2.34. The number of ether oxygens (including phenoxy) is 2. The van der Waals surface area contributed by atoms with E-state index in [1.54, 1.807) is 6.07 Å². The van der Waals surface area contributed by atoms with Crippen LogP contribution < -0.4 is 5.63 Å². The first kappa shape index (κ1) is 14.4. The van der Waals surface area contributed by atoms with Crippen molar-refractivity contribution in [1.82, 2.24) is 0 Å². The van der Waals surface area contributed by atoms with Gasteiger partial charge in [0.05, 0.1) is 18.6 Å². The van der Waals surface area contributed by atoms with E-state index in [9.17, 15) is 4.79 Å². The molecule has 0 spiro atoms. The molecule has 3 aromatic rings. The van der Waals surface area contributed by atoms with Crippen molar-refractivity contribution in [3.63, 3.8) is 0 Å². The fourth-order valence-electron chi connectivity index (χ4n) is 2.93. The van der Waals surface area contributed by atoms with Crippen LogP contribution in [0.3, 0.4) is 0 Å². The van der Waals surface area contributed by atoms with E-state index < -0.39 is 6.29 Å². The molecule has 23 heavy (non-hydrogen) atoms. The lowest BCUT2D eigenvalue weighted by Crippen LogP contribution is -2.33. The Morgan fingerprint density at radius 2 is 1.65 bits per heavy atom. The van der Waals surface area contributed by atoms with E-state index in [0.29, 0.717) is 24.2 Å². The van der Waals surface area contributed by atoms with Crippen molar-refractivity contribution in [2.45, 2.75) is 20.1 Å². The fraction of sp³-hybridized carbons (Fsp3) is 0.316. The number of hydrogen-bond acceptors (Lipinski definition) is 4. The van der Waals surface area contributed by atoms with Gasteiger partial charge in [0.1, 0.15) is 5.58 Å². The number of fused-ring (bicyclic) bond motifs is 3. The highest BCUT2D eigenvalue weighted by molar-refractivity contribution is 6.04. The third kappa shape index (κ3) is 2.54. The van der Waals surface area contributed by atoms with Crippen LogP contribution >= 0.6 is 0 Å². The summed E-state index contributed by atoms with van der Waals surface area (Å²) < 4.78 is 17.1. The Morgan fingerprint density at radius 1 is 0.957 bits per heavy atom. The maximum atomic E-state index is 12.1. The molecule has 118 valence electrons. The Bertz CT molecular complexity index is 929. The van der Waals surface area contributed by atoms with E-state index in [1.165, 1.54) is 0 Å². The maximum absolute atomic E-state index is 12.1. The third-order valence-electron chi connectivity index (χ3n) is 4.17. The van der Waals surface area contributed by atoms with Crippen LogP contribution in [0.2, 0.25) is 0 Å². The molecule has 0 radical (unpaired) electrons. The molecule has 4 heteroatoms. The lowest BCUT2D eigenvalue weighted by molar-refractivity contribution is -0.226. The Labute approximate surface area is 133 Å². The molecule has 0 aliphatic carbocycles. The molecule has 1 aromatic heterocycles. The highest BCUT2D eigenvalue weighted by atomic mass is 16.7. The number of hydrogen-bond donors (Lipinski definition) is 0. The molecule has 4 rings (SSSR count). The van der Waals surface area contributed by atoms with Gasteiger partial charge < -0.3 is 13.9 Å². The molecule has 1 aliphatic rings. The van der Waals surface area contributed by atoms with E-state index in [4.69, 9.17) is 13.9 Å². The molecule has 0 amide bonds. The van der Waals surface area contributed by atoms with Gasteiger partial charge in [-0.05, 0) is 17.5 Å². The van der Waals surface area contributed by atoms with Crippen LogP contribution in [0.1, 0.15) is 25.7 Å². The molecule has 2 heterocycles. The van der Waals surface area contributed by atoms with Gasteiger partial charge in [0, 0.05) is 16.4 Å².